The topological polar surface area (TPSA) is 58.2 Å². The zero-order chi connectivity index (χ0) is 19.9. The van der Waals surface area contributed by atoms with E-state index in [9.17, 15) is 9.59 Å². The van der Waals surface area contributed by atoms with Gasteiger partial charge < -0.3 is 10.6 Å². The summed E-state index contributed by atoms with van der Waals surface area (Å²) in [5, 5.41) is 5.81. The molecular weight excluding hydrogens is 348 g/mol. The molecule has 0 bridgehead atoms. The molecule has 2 N–H and O–H groups in total. The van der Waals surface area contributed by atoms with Gasteiger partial charge in [0.2, 0.25) is 5.91 Å². The van der Waals surface area contributed by atoms with Gasteiger partial charge in [0.1, 0.15) is 6.04 Å². The van der Waals surface area contributed by atoms with Gasteiger partial charge in [-0.05, 0) is 54.8 Å². The molecule has 3 aromatic rings. The SMILES string of the molecule is Cc1ccc(NC(=O)[C@H](Cc2ccccc2)NC(=O)c2ccccc2)cc1C. The second-order valence-corrected chi connectivity index (χ2v) is 6.87. The van der Waals surface area contributed by atoms with E-state index in [4.69, 9.17) is 0 Å². The number of benzene rings is 3. The molecule has 0 aliphatic rings. The average Bonchev–Trinajstić information content (AvgIpc) is 2.71. The van der Waals surface area contributed by atoms with Crippen molar-refractivity contribution in [2.75, 3.05) is 5.32 Å². The molecule has 0 saturated heterocycles. The molecule has 0 spiro atoms. The first-order valence-electron chi connectivity index (χ1n) is 9.31. The number of amides is 2. The Labute approximate surface area is 165 Å². The van der Waals surface area contributed by atoms with Gasteiger partial charge in [-0.2, -0.15) is 0 Å². The van der Waals surface area contributed by atoms with Crippen molar-refractivity contribution in [1.82, 2.24) is 5.32 Å². The fraction of sp³-hybridized carbons (Fsp3) is 0.167. The summed E-state index contributed by atoms with van der Waals surface area (Å²) in [6.07, 6.45) is 0.413. The van der Waals surface area contributed by atoms with Crippen molar-refractivity contribution in [2.24, 2.45) is 0 Å². The molecule has 28 heavy (non-hydrogen) atoms. The predicted octanol–water partition coefficient (Wildman–Crippen LogP) is 4.28. The quantitative estimate of drug-likeness (QED) is 0.678. The number of hydrogen-bond acceptors (Lipinski definition) is 2. The summed E-state index contributed by atoms with van der Waals surface area (Å²) in [6.45, 7) is 4.03. The van der Waals surface area contributed by atoms with Crippen LogP contribution in [0.4, 0.5) is 5.69 Å². The van der Waals surface area contributed by atoms with Crippen LogP contribution in [0.15, 0.2) is 78.9 Å². The van der Waals surface area contributed by atoms with Gasteiger partial charge in [-0.25, -0.2) is 0 Å². The number of carbonyl (C=O) groups is 2. The van der Waals surface area contributed by atoms with Crippen LogP contribution < -0.4 is 10.6 Å². The second-order valence-electron chi connectivity index (χ2n) is 6.87. The van der Waals surface area contributed by atoms with Gasteiger partial charge in [-0.3, -0.25) is 9.59 Å². The highest BCUT2D eigenvalue weighted by molar-refractivity contribution is 6.01. The lowest BCUT2D eigenvalue weighted by Gasteiger charge is -2.19. The lowest BCUT2D eigenvalue weighted by atomic mass is 10.0. The standard InChI is InChI=1S/C24H24N2O2/c1-17-13-14-21(15-18(17)2)25-24(28)22(16-19-9-5-3-6-10-19)26-23(27)20-11-7-4-8-12-20/h3-15,22H,16H2,1-2H3,(H,25,28)(H,26,27)/t22-/m0/s1. The van der Waals surface area contributed by atoms with E-state index < -0.39 is 6.04 Å². The van der Waals surface area contributed by atoms with Crippen LogP contribution in [-0.4, -0.2) is 17.9 Å². The molecule has 0 aliphatic carbocycles. The van der Waals surface area contributed by atoms with Crippen molar-refractivity contribution in [3.8, 4) is 0 Å². The van der Waals surface area contributed by atoms with Crippen LogP contribution in [0.3, 0.4) is 0 Å². The highest BCUT2D eigenvalue weighted by Gasteiger charge is 2.22. The van der Waals surface area contributed by atoms with E-state index in [0.29, 0.717) is 12.0 Å². The lowest BCUT2D eigenvalue weighted by molar-refractivity contribution is -0.118. The van der Waals surface area contributed by atoms with Gasteiger partial charge in [-0.15, -0.1) is 0 Å². The average molecular weight is 372 g/mol. The minimum Gasteiger partial charge on any atom is -0.340 e. The Kier molecular flexibility index (Phi) is 6.22. The number of nitrogens with one attached hydrogen (secondary N) is 2. The van der Waals surface area contributed by atoms with Gasteiger partial charge in [0.25, 0.3) is 5.91 Å². The Bertz CT molecular complexity index is 953. The molecule has 0 aliphatic heterocycles. The third-order valence-electron chi connectivity index (χ3n) is 4.71. The Morgan fingerprint density at radius 2 is 1.46 bits per heavy atom. The van der Waals surface area contributed by atoms with Crippen molar-refractivity contribution in [2.45, 2.75) is 26.3 Å². The highest BCUT2D eigenvalue weighted by atomic mass is 16.2. The predicted molar refractivity (Wildman–Crippen MR) is 112 cm³/mol. The molecule has 3 rings (SSSR count). The number of hydrogen-bond donors (Lipinski definition) is 2. The minimum atomic E-state index is -0.684. The lowest BCUT2D eigenvalue weighted by Crippen LogP contribution is -2.45. The summed E-state index contributed by atoms with van der Waals surface area (Å²) in [6, 6.07) is 23.7. The molecule has 2 amide bonds. The molecular formula is C24H24N2O2. The number of anilines is 1. The maximum absolute atomic E-state index is 13.0. The summed E-state index contributed by atoms with van der Waals surface area (Å²) >= 11 is 0. The van der Waals surface area contributed by atoms with Crippen molar-refractivity contribution in [3.05, 3.63) is 101 Å². The van der Waals surface area contributed by atoms with Gasteiger partial charge in [0, 0.05) is 17.7 Å². The maximum atomic E-state index is 13.0. The molecule has 4 nitrogen and oxygen atoms in total. The first-order valence-corrected chi connectivity index (χ1v) is 9.31. The maximum Gasteiger partial charge on any atom is 0.251 e. The van der Waals surface area contributed by atoms with Gasteiger partial charge in [-0.1, -0.05) is 54.6 Å². The Hall–Kier alpha value is -3.40. The molecule has 0 saturated carbocycles. The van der Waals surface area contributed by atoms with Gasteiger partial charge in [0.05, 0.1) is 0 Å². The monoisotopic (exact) mass is 372 g/mol. The minimum absolute atomic E-state index is 0.239. The van der Waals surface area contributed by atoms with Crippen LogP contribution in [0.2, 0.25) is 0 Å². The molecule has 142 valence electrons. The van der Waals surface area contributed by atoms with Gasteiger partial charge >= 0.3 is 0 Å². The number of rotatable bonds is 6. The number of aryl methyl sites for hydroxylation is 2. The van der Waals surface area contributed by atoms with E-state index in [-0.39, 0.29) is 11.8 Å². The van der Waals surface area contributed by atoms with Crippen LogP contribution in [0.1, 0.15) is 27.0 Å². The zero-order valence-electron chi connectivity index (χ0n) is 16.1. The molecule has 0 aromatic heterocycles. The van der Waals surface area contributed by atoms with Crippen molar-refractivity contribution >= 4 is 17.5 Å². The van der Waals surface area contributed by atoms with E-state index >= 15 is 0 Å². The van der Waals surface area contributed by atoms with E-state index in [1.54, 1.807) is 24.3 Å². The molecule has 4 heteroatoms. The van der Waals surface area contributed by atoms with Crippen molar-refractivity contribution < 1.29 is 9.59 Å². The third-order valence-corrected chi connectivity index (χ3v) is 4.71. The fourth-order valence-electron chi connectivity index (χ4n) is 2.94. The van der Waals surface area contributed by atoms with Crippen LogP contribution in [-0.2, 0) is 11.2 Å². The van der Waals surface area contributed by atoms with Crippen LogP contribution in [0.25, 0.3) is 0 Å². The first kappa shape index (κ1) is 19.4. The molecule has 0 heterocycles. The van der Waals surface area contributed by atoms with E-state index in [1.807, 2.05) is 68.4 Å². The normalized spacial score (nSPS) is 11.5. The summed E-state index contributed by atoms with van der Waals surface area (Å²) in [5.41, 5.74) is 4.50. The van der Waals surface area contributed by atoms with E-state index in [1.165, 1.54) is 0 Å². The van der Waals surface area contributed by atoms with Crippen molar-refractivity contribution in [3.63, 3.8) is 0 Å². The van der Waals surface area contributed by atoms with Crippen molar-refractivity contribution in [1.29, 1.82) is 0 Å². The van der Waals surface area contributed by atoms with E-state index in [2.05, 4.69) is 10.6 Å². The summed E-state index contributed by atoms with van der Waals surface area (Å²) in [5.74, 6) is -0.506. The zero-order valence-corrected chi connectivity index (χ0v) is 16.1. The smallest absolute Gasteiger partial charge is 0.251 e. The van der Waals surface area contributed by atoms with E-state index in [0.717, 1.165) is 22.4 Å². The Balaban J connectivity index is 1.79. The summed E-state index contributed by atoms with van der Waals surface area (Å²) in [4.78, 5) is 25.6. The summed E-state index contributed by atoms with van der Waals surface area (Å²) < 4.78 is 0. The largest absolute Gasteiger partial charge is 0.340 e. The highest BCUT2D eigenvalue weighted by Crippen LogP contribution is 2.15. The molecule has 1 atom stereocenters. The fourth-order valence-corrected chi connectivity index (χ4v) is 2.94. The summed E-state index contributed by atoms with van der Waals surface area (Å²) in [7, 11) is 0. The molecule has 0 fully saturated rings. The van der Waals surface area contributed by atoms with Crippen LogP contribution in [0.5, 0.6) is 0 Å². The molecule has 3 aromatic carbocycles. The Morgan fingerprint density at radius 1 is 0.821 bits per heavy atom. The van der Waals surface area contributed by atoms with Crippen LogP contribution >= 0.6 is 0 Å². The molecule has 0 radical (unpaired) electrons. The first-order chi connectivity index (χ1) is 13.5. The van der Waals surface area contributed by atoms with Gasteiger partial charge in [0.15, 0.2) is 0 Å². The Morgan fingerprint density at radius 3 is 2.11 bits per heavy atom. The molecule has 0 unspecified atom stereocenters. The second kappa shape index (κ2) is 9.00. The third kappa shape index (κ3) is 5.07. The number of carbonyl (C=O) groups excluding carboxylic acids is 2. The van der Waals surface area contributed by atoms with Crippen LogP contribution in [0, 0.1) is 13.8 Å².